The molecule has 0 saturated heterocycles. The van der Waals surface area contributed by atoms with Gasteiger partial charge in [0.1, 0.15) is 0 Å². The molecule has 0 amide bonds. The molecule has 0 fully saturated rings. The lowest BCUT2D eigenvalue weighted by Crippen LogP contribution is -1.85. The Morgan fingerprint density at radius 2 is 1.30 bits per heavy atom. The summed E-state index contributed by atoms with van der Waals surface area (Å²) in [6.07, 6.45) is 0. The minimum atomic E-state index is -0.125. The van der Waals surface area contributed by atoms with Gasteiger partial charge in [-0.25, -0.2) is 0 Å². The van der Waals surface area contributed by atoms with Gasteiger partial charge in [-0.3, -0.25) is 0 Å². The molecule has 0 spiro atoms. The van der Waals surface area contributed by atoms with Gasteiger partial charge in [0, 0.05) is 13.2 Å². The largest absolute Gasteiger partial charge is 0.394 e. The van der Waals surface area contributed by atoms with Gasteiger partial charge in [-0.2, -0.15) is 0 Å². The number of ether oxygens (including phenoxy) is 1. The van der Waals surface area contributed by atoms with Crippen molar-refractivity contribution in [3.05, 3.63) is 0 Å². The molecule has 0 radical (unpaired) electrons. The SMILES string of the molecule is CCOCC.N.OCCO. The molecular weight excluding hydrogens is 134 g/mol. The van der Waals surface area contributed by atoms with Gasteiger partial charge in [0.2, 0.25) is 0 Å². The fourth-order valence-corrected chi connectivity index (χ4v) is 0.204. The Balaban J connectivity index is -0.0000000910. The molecule has 0 aliphatic carbocycles. The van der Waals surface area contributed by atoms with Crippen molar-refractivity contribution < 1.29 is 14.9 Å². The highest BCUT2D eigenvalue weighted by molar-refractivity contribution is 4.07. The van der Waals surface area contributed by atoms with E-state index in [-0.39, 0.29) is 19.4 Å². The summed E-state index contributed by atoms with van der Waals surface area (Å²) in [5, 5.41) is 15.2. The van der Waals surface area contributed by atoms with Crippen molar-refractivity contribution in [2.45, 2.75) is 13.8 Å². The third-order valence-corrected chi connectivity index (χ3v) is 0.508. The van der Waals surface area contributed by atoms with Crippen LogP contribution in [0.15, 0.2) is 0 Å². The van der Waals surface area contributed by atoms with Crippen LogP contribution in [0.2, 0.25) is 0 Å². The van der Waals surface area contributed by atoms with Crippen molar-refractivity contribution in [3.8, 4) is 0 Å². The summed E-state index contributed by atoms with van der Waals surface area (Å²) < 4.78 is 4.83. The van der Waals surface area contributed by atoms with Crippen LogP contribution < -0.4 is 6.15 Å². The number of aliphatic hydroxyl groups is 2. The molecule has 0 atom stereocenters. The molecule has 4 heteroatoms. The average molecular weight is 153 g/mol. The van der Waals surface area contributed by atoms with Gasteiger partial charge in [-0.05, 0) is 13.8 Å². The van der Waals surface area contributed by atoms with E-state index in [0.717, 1.165) is 13.2 Å². The van der Waals surface area contributed by atoms with E-state index >= 15 is 0 Å². The van der Waals surface area contributed by atoms with E-state index in [0.29, 0.717) is 0 Å². The third-order valence-electron chi connectivity index (χ3n) is 0.508. The fourth-order valence-electron chi connectivity index (χ4n) is 0.204. The molecule has 66 valence electrons. The molecule has 0 bridgehead atoms. The monoisotopic (exact) mass is 153 g/mol. The highest BCUT2D eigenvalue weighted by Crippen LogP contribution is 1.64. The molecule has 0 rings (SSSR count). The van der Waals surface area contributed by atoms with Crippen LogP contribution in [0.25, 0.3) is 0 Å². The summed E-state index contributed by atoms with van der Waals surface area (Å²) in [7, 11) is 0. The maximum atomic E-state index is 7.62. The standard InChI is InChI=1S/C4H10O.C2H6O2.H3N/c1-3-5-4-2;3-1-2-4;/h3-4H2,1-2H3;3-4H,1-2H2;1H3. The molecule has 0 heterocycles. The quantitative estimate of drug-likeness (QED) is 0.539. The maximum Gasteiger partial charge on any atom is 0.0662 e. The van der Waals surface area contributed by atoms with Crippen molar-refractivity contribution in [1.82, 2.24) is 6.15 Å². The van der Waals surface area contributed by atoms with E-state index < -0.39 is 0 Å². The molecule has 0 aromatic rings. The van der Waals surface area contributed by atoms with Gasteiger partial charge < -0.3 is 21.1 Å². The molecule has 10 heavy (non-hydrogen) atoms. The first-order valence-electron chi connectivity index (χ1n) is 3.12. The second kappa shape index (κ2) is 23.2. The lowest BCUT2D eigenvalue weighted by atomic mass is 10.8. The van der Waals surface area contributed by atoms with E-state index in [9.17, 15) is 0 Å². The van der Waals surface area contributed by atoms with Crippen LogP contribution in [-0.2, 0) is 4.74 Å². The van der Waals surface area contributed by atoms with Crippen LogP contribution in [0.3, 0.4) is 0 Å². The topological polar surface area (TPSA) is 84.7 Å². The Morgan fingerprint density at radius 1 is 1.00 bits per heavy atom. The zero-order valence-corrected chi connectivity index (χ0v) is 6.84. The van der Waals surface area contributed by atoms with E-state index in [1.807, 2.05) is 13.8 Å². The molecule has 0 aliphatic heterocycles. The predicted octanol–water partition coefficient (Wildman–Crippen LogP) is 0.176. The number of hydrogen-bond acceptors (Lipinski definition) is 4. The second-order valence-corrected chi connectivity index (χ2v) is 1.23. The lowest BCUT2D eigenvalue weighted by Gasteiger charge is -1.86. The zero-order valence-electron chi connectivity index (χ0n) is 6.84. The Kier molecular flexibility index (Phi) is 38.1. The van der Waals surface area contributed by atoms with Crippen molar-refractivity contribution >= 4 is 0 Å². The van der Waals surface area contributed by atoms with Gasteiger partial charge in [0.15, 0.2) is 0 Å². The van der Waals surface area contributed by atoms with Crippen LogP contribution >= 0.6 is 0 Å². The van der Waals surface area contributed by atoms with E-state index in [1.165, 1.54) is 0 Å². The molecule has 0 aromatic heterocycles. The minimum Gasteiger partial charge on any atom is -0.394 e. The normalized spacial score (nSPS) is 7.20. The molecule has 0 unspecified atom stereocenters. The average Bonchev–Trinajstić information content (AvgIpc) is 1.91. The summed E-state index contributed by atoms with van der Waals surface area (Å²) in [6.45, 7) is 5.42. The smallest absolute Gasteiger partial charge is 0.0662 e. The van der Waals surface area contributed by atoms with Crippen LogP contribution in [0.4, 0.5) is 0 Å². The summed E-state index contributed by atoms with van der Waals surface area (Å²) in [4.78, 5) is 0. The first-order valence-corrected chi connectivity index (χ1v) is 3.12. The summed E-state index contributed by atoms with van der Waals surface area (Å²) in [5.41, 5.74) is 0. The molecule has 0 saturated carbocycles. The molecular formula is C6H19NO3. The van der Waals surface area contributed by atoms with Crippen molar-refractivity contribution in [1.29, 1.82) is 0 Å². The van der Waals surface area contributed by atoms with Gasteiger partial charge in [0.25, 0.3) is 0 Å². The molecule has 0 aromatic carbocycles. The third kappa shape index (κ3) is 45.5. The van der Waals surface area contributed by atoms with E-state index in [4.69, 9.17) is 14.9 Å². The minimum absolute atomic E-state index is 0. The lowest BCUT2D eigenvalue weighted by molar-refractivity contribution is 0.162. The molecule has 0 aliphatic rings. The van der Waals surface area contributed by atoms with Crippen LogP contribution in [0.1, 0.15) is 13.8 Å². The van der Waals surface area contributed by atoms with Gasteiger partial charge in [-0.1, -0.05) is 0 Å². The fraction of sp³-hybridized carbons (Fsp3) is 1.00. The van der Waals surface area contributed by atoms with Crippen LogP contribution in [0.5, 0.6) is 0 Å². The Labute approximate surface area is 62.4 Å². The Morgan fingerprint density at radius 3 is 1.30 bits per heavy atom. The molecule has 5 N–H and O–H groups in total. The zero-order chi connectivity index (χ0) is 7.54. The summed E-state index contributed by atoms with van der Waals surface area (Å²) >= 11 is 0. The van der Waals surface area contributed by atoms with Gasteiger partial charge in [-0.15, -0.1) is 0 Å². The van der Waals surface area contributed by atoms with Crippen LogP contribution in [-0.4, -0.2) is 36.6 Å². The summed E-state index contributed by atoms with van der Waals surface area (Å²) in [5.74, 6) is 0. The van der Waals surface area contributed by atoms with Gasteiger partial charge in [0.05, 0.1) is 13.2 Å². The Bertz CT molecular complexity index is 32.2. The number of rotatable bonds is 3. The van der Waals surface area contributed by atoms with Crippen LogP contribution in [0, 0.1) is 0 Å². The van der Waals surface area contributed by atoms with Crippen molar-refractivity contribution in [2.24, 2.45) is 0 Å². The molecule has 4 nitrogen and oxygen atoms in total. The van der Waals surface area contributed by atoms with Crippen molar-refractivity contribution in [3.63, 3.8) is 0 Å². The predicted molar refractivity (Wildman–Crippen MR) is 41.4 cm³/mol. The second-order valence-electron chi connectivity index (χ2n) is 1.23. The number of aliphatic hydroxyl groups excluding tert-OH is 2. The van der Waals surface area contributed by atoms with E-state index in [1.54, 1.807) is 0 Å². The first-order chi connectivity index (χ1) is 4.33. The highest BCUT2D eigenvalue weighted by atomic mass is 16.5. The maximum absolute atomic E-state index is 7.62. The van der Waals surface area contributed by atoms with E-state index in [2.05, 4.69) is 0 Å². The Hall–Kier alpha value is -0.160. The number of hydrogen-bond donors (Lipinski definition) is 3. The van der Waals surface area contributed by atoms with Crippen molar-refractivity contribution in [2.75, 3.05) is 26.4 Å². The summed E-state index contributed by atoms with van der Waals surface area (Å²) in [6, 6.07) is 0. The highest BCUT2D eigenvalue weighted by Gasteiger charge is 1.64. The first kappa shape index (κ1) is 16.4. The van der Waals surface area contributed by atoms with Gasteiger partial charge >= 0.3 is 0 Å².